The highest BCUT2D eigenvalue weighted by Gasteiger charge is 2.11. The highest BCUT2D eigenvalue weighted by molar-refractivity contribution is 6.45. The summed E-state index contributed by atoms with van der Waals surface area (Å²) in [7, 11) is 0. The maximum atomic E-state index is 6.22. The zero-order chi connectivity index (χ0) is 11.0. The topological polar surface area (TPSA) is 12.9 Å². The predicted molar refractivity (Wildman–Crippen MR) is 65.9 cm³/mol. The van der Waals surface area contributed by atoms with Crippen LogP contribution in [-0.4, -0.2) is 4.98 Å². The summed E-state index contributed by atoms with van der Waals surface area (Å²) in [6.07, 6.45) is 3.67. The average Bonchev–Trinajstić information content (AvgIpc) is 2.23. The van der Waals surface area contributed by atoms with Crippen molar-refractivity contribution in [3.63, 3.8) is 0 Å². The lowest BCUT2D eigenvalue weighted by atomic mass is 9.99. The molecule has 1 aromatic heterocycles. The molecule has 78 valence electrons. The van der Waals surface area contributed by atoms with Gasteiger partial charge in [-0.15, -0.1) is 0 Å². The van der Waals surface area contributed by atoms with Crippen molar-refractivity contribution in [2.24, 2.45) is 0 Å². The standard InChI is InChI=1S/C12H11Cl2N/c1-7(2)9-6-15-5-8-3-4-10(13)12(14)11(8)9/h3-7H,1-2H3. The first kappa shape index (κ1) is 10.7. The van der Waals surface area contributed by atoms with E-state index < -0.39 is 0 Å². The third-order valence-electron chi connectivity index (χ3n) is 2.46. The highest BCUT2D eigenvalue weighted by Crippen LogP contribution is 2.35. The molecule has 0 unspecified atom stereocenters. The van der Waals surface area contributed by atoms with Crippen molar-refractivity contribution in [2.75, 3.05) is 0 Å². The SMILES string of the molecule is CC(C)c1cncc2ccc(Cl)c(Cl)c12. The fourth-order valence-corrected chi connectivity index (χ4v) is 2.11. The van der Waals surface area contributed by atoms with E-state index in [1.807, 2.05) is 18.5 Å². The second-order valence-electron chi connectivity index (χ2n) is 3.84. The van der Waals surface area contributed by atoms with Crippen LogP contribution in [0.15, 0.2) is 24.5 Å². The maximum Gasteiger partial charge on any atom is 0.0674 e. The lowest BCUT2D eigenvalue weighted by molar-refractivity contribution is 0.869. The normalized spacial score (nSPS) is 11.3. The molecule has 0 amide bonds. The number of hydrogen-bond donors (Lipinski definition) is 0. The van der Waals surface area contributed by atoms with Gasteiger partial charge >= 0.3 is 0 Å². The van der Waals surface area contributed by atoms with Gasteiger partial charge in [-0.05, 0) is 17.5 Å². The summed E-state index contributed by atoms with van der Waals surface area (Å²) < 4.78 is 0. The minimum Gasteiger partial charge on any atom is -0.264 e. The molecule has 3 heteroatoms. The summed E-state index contributed by atoms with van der Waals surface area (Å²) in [5.74, 6) is 0.386. The number of rotatable bonds is 1. The van der Waals surface area contributed by atoms with Crippen molar-refractivity contribution in [1.82, 2.24) is 4.98 Å². The molecule has 1 heterocycles. The smallest absolute Gasteiger partial charge is 0.0674 e. The summed E-state index contributed by atoms with van der Waals surface area (Å²) in [5.41, 5.74) is 1.14. The molecule has 0 saturated carbocycles. The van der Waals surface area contributed by atoms with Gasteiger partial charge in [0.15, 0.2) is 0 Å². The van der Waals surface area contributed by atoms with E-state index >= 15 is 0 Å². The molecule has 0 fully saturated rings. The predicted octanol–water partition coefficient (Wildman–Crippen LogP) is 4.67. The summed E-state index contributed by atoms with van der Waals surface area (Å²) >= 11 is 12.2. The van der Waals surface area contributed by atoms with E-state index in [1.165, 1.54) is 0 Å². The largest absolute Gasteiger partial charge is 0.264 e. The monoisotopic (exact) mass is 239 g/mol. The molecule has 1 aromatic carbocycles. The first-order valence-corrected chi connectivity index (χ1v) is 5.58. The Hall–Kier alpha value is -0.790. The van der Waals surface area contributed by atoms with Gasteiger partial charge in [-0.2, -0.15) is 0 Å². The summed E-state index contributed by atoms with van der Waals surface area (Å²) in [6.45, 7) is 4.24. The average molecular weight is 240 g/mol. The van der Waals surface area contributed by atoms with Crippen molar-refractivity contribution in [1.29, 1.82) is 0 Å². The van der Waals surface area contributed by atoms with Crippen LogP contribution in [0.25, 0.3) is 10.8 Å². The van der Waals surface area contributed by atoms with Gasteiger partial charge in [-0.25, -0.2) is 0 Å². The Morgan fingerprint density at radius 2 is 1.87 bits per heavy atom. The zero-order valence-electron chi connectivity index (χ0n) is 8.59. The Morgan fingerprint density at radius 1 is 1.13 bits per heavy atom. The number of halogens is 2. The second-order valence-corrected chi connectivity index (χ2v) is 4.63. The van der Waals surface area contributed by atoms with E-state index in [2.05, 4.69) is 18.8 Å². The molecular weight excluding hydrogens is 229 g/mol. The minimum absolute atomic E-state index is 0.386. The molecule has 0 aliphatic heterocycles. The minimum atomic E-state index is 0.386. The van der Waals surface area contributed by atoms with Crippen LogP contribution in [0.2, 0.25) is 10.0 Å². The van der Waals surface area contributed by atoms with Crippen LogP contribution < -0.4 is 0 Å². The fraction of sp³-hybridized carbons (Fsp3) is 0.250. The van der Waals surface area contributed by atoms with Crippen LogP contribution in [0, 0.1) is 0 Å². The zero-order valence-corrected chi connectivity index (χ0v) is 10.1. The number of fused-ring (bicyclic) bond motifs is 1. The molecule has 0 spiro atoms. The Kier molecular flexibility index (Phi) is 2.85. The van der Waals surface area contributed by atoms with Crippen LogP contribution >= 0.6 is 23.2 Å². The van der Waals surface area contributed by atoms with E-state index in [4.69, 9.17) is 23.2 Å². The van der Waals surface area contributed by atoms with Gasteiger partial charge in [-0.3, -0.25) is 4.98 Å². The van der Waals surface area contributed by atoms with Gasteiger partial charge < -0.3 is 0 Å². The Morgan fingerprint density at radius 3 is 2.53 bits per heavy atom. The third-order valence-corrected chi connectivity index (χ3v) is 3.27. The number of hydrogen-bond acceptors (Lipinski definition) is 1. The van der Waals surface area contributed by atoms with Crippen LogP contribution in [0.1, 0.15) is 25.3 Å². The van der Waals surface area contributed by atoms with Crippen molar-refractivity contribution >= 4 is 34.0 Å². The molecule has 15 heavy (non-hydrogen) atoms. The molecule has 1 nitrogen and oxygen atoms in total. The van der Waals surface area contributed by atoms with Crippen molar-refractivity contribution in [2.45, 2.75) is 19.8 Å². The number of benzene rings is 1. The lowest BCUT2D eigenvalue weighted by Gasteiger charge is -2.11. The summed E-state index contributed by atoms with van der Waals surface area (Å²) in [5, 5.41) is 3.28. The van der Waals surface area contributed by atoms with Gasteiger partial charge in [0.1, 0.15) is 0 Å². The van der Waals surface area contributed by atoms with Crippen molar-refractivity contribution < 1.29 is 0 Å². The maximum absolute atomic E-state index is 6.22. The fourth-order valence-electron chi connectivity index (χ4n) is 1.67. The third kappa shape index (κ3) is 1.82. The van der Waals surface area contributed by atoms with Crippen molar-refractivity contribution in [3.8, 4) is 0 Å². The molecule has 0 saturated heterocycles. The Balaban J connectivity index is 2.88. The molecular formula is C12H11Cl2N. The van der Waals surface area contributed by atoms with Crippen LogP contribution in [0.3, 0.4) is 0 Å². The Bertz CT molecular complexity index is 506. The van der Waals surface area contributed by atoms with Crippen LogP contribution in [0.5, 0.6) is 0 Å². The number of nitrogens with zero attached hydrogens (tertiary/aromatic N) is 1. The molecule has 0 aliphatic rings. The molecule has 0 aliphatic carbocycles. The van der Waals surface area contributed by atoms with E-state index in [-0.39, 0.29) is 0 Å². The first-order valence-electron chi connectivity index (χ1n) is 4.83. The van der Waals surface area contributed by atoms with Gasteiger partial charge in [0.05, 0.1) is 10.0 Å². The molecule has 2 rings (SSSR count). The van der Waals surface area contributed by atoms with E-state index in [0.717, 1.165) is 16.3 Å². The van der Waals surface area contributed by atoms with Gasteiger partial charge in [0, 0.05) is 23.2 Å². The summed E-state index contributed by atoms with van der Waals surface area (Å²) in [4.78, 5) is 4.20. The quantitative estimate of drug-likeness (QED) is 0.706. The molecule has 0 radical (unpaired) electrons. The first-order chi connectivity index (χ1) is 7.11. The van der Waals surface area contributed by atoms with Crippen LogP contribution in [0.4, 0.5) is 0 Å². The van der Waals surface area contributed by atoms with Gasteiger partial charge in [0.2, 0.25) is 0 Å². The van der Waals surface area contributed by atoms with Crippen molar-refractivity contribution in [3.05, 3.63) is 40.1 Å². The Labute approximate surface area is 99.0 Å². The van der Waals surface area contributed by atoms with Gasteiger partial charge in [0.25, 0.3) is 0 Å². The summed E-state index contributed by atoms with van der Waals surface area (Å²) in [6, 6.07) is 3.75. The van der Waals surface area contributed by atoms with E-state index in [9.17, 15) is 0 Å². The van der Waals surface area contributed by atoms with E-state index in [1.54, 1.807) is 6.07 Å². The molecule has 0 N–H and O–H groups in total. The van der Waals surface area contributed by atoms with Gasteiger partial charge in [-0.1, -0.05) is 43.1 Å². The molecule has 2 aromatic rings. The highest BCUT2D eigenvalue weighted by atomic mass is 35.5. The van der Waals surface area contributed by atoms with E-state index in [0.29, 0.717) is 16.0 Å². The molecule has 0 bridgehead atoms. The second kappa shape index (κ2) is 3.99. The number of aromatic nitrogens is 1. The van der Waals surface area contributed by atoms with Crippen LogP contribution in [-0.2, 0) is 0 Å². The number of pyridine rings is 1. The molecule has 0 atom stereocenters. The lowest BCUT2D eigenvalue weighted by Crippen LogP contribution is -1.92.